The monoisotopic (exact) mass is 388 g/mol. The number of nitrogens with zero attached hydrogens (tertiary/aromatic N) is 2. The van der Waals surface area contributed by atoms with E-state index in [1.54, 1.807) is 56.9 Å². The minimum Gasteiger partial charge on any atom is -0.444 e. The van der Waals surface area contributed by atoms with Gasteiger partial charge in [-0.15, -0.1) is 0 Å². The van der Waals surface area contributed by atoms with Crippen LogP contribution in [0, 0.1) is 0 Å². The number of carbonyl (C=O) groups is 1. The van der Waals surface area contributed by atoms with Gasteiger partial charge in [0.2, 0.25) is 10.0 Å². The molecular formula is C17H25ClN2O4S. The normalized spacial score (nSPS) is 19.7. The minimum atomic E-state index is -3.47. The zero-order valence-electron chi connectivity index (χ0n) is 15.0. The maximum Gasteiger partial charge on any atom is 0.410 e. The van der Waals surface area contributed by atoms with E-state index in [4.69, 9.17) is 16.3 Å². The van der Waals surface area contributed by atoms with E-state index in [1.165, 1.54) is 4.31 Å². The van der Waals surface area contributed by atoms with Crippen LogP contribution in [0.3, 0.4) is 0 Å². The summed E-state index contributed by atoms with van der Waals surface area (Å²) in [6.45, 7) is 8.11. The average Bonchev–Trinajstić information content (AvgIpc) is 2.47. The smallest absolute Gasteiger partial charge is 0.410 e. The van der Waals surface area contributed by atoms with Crippen molar-refractivity contribution in [3.05, 3.63) is 34.9 Å². The molecule has 6 nitrogen and oxygen atoms in total. The molecule has 0 N–H and O–H groups in total. The molecule has 1 aromatic rings. The van der Waals surface area contributed by atoms with Gasteiger partial charge in [0.05, 0.1) is 5.75 Å². The largest absolute Gasteiger partial charge is 0.444 e. The number of sulfonamides is 1. The highest BCUT2D eigenvalue weighted by Crippen LogP contribution is 2.20. The summed E-state index contributed by atoms with van der Waals surface area (Å²) in [4.78, 5) is 13.7. The van der Waals surface area contributed by atoms with Crippen LogP contribution in [0.4, 0.5) is 4.79 Å². The first-order chi connectivity index (χ1) is 11.5. The second kappa shape index (κ2) is 7.51. The second-order valence-corrected chi connectivity index (χ2v) is 9.63. The summed E-state index contributed by atoms with van der Waals surface area (Å²) in [7, 11) is -3.47. The summed E-state index contributed by atoms with van der Waals surface area (Å²) in [6, 6.07) is 6.47. The fourth-order valence-electron chi connectivity index (χ4n) is 2.72. The molecule has 1 saturated heterocycles. The van der Waals surface area contributed by atoms with Crippen LogP contribution in [0.25, 0.3) is 0 Å². The highest BCUT2D eigenvalue weighted by atomic mass is 35.5. The van der Waals surface area contributed by atoms with Crippen LogP contribution in [0.2, 0.25) is 5.02 Å². The van der Waals surface area contributed by atoms with Crippen LogP contribution in [0.5, 0.6) is 0 Å². The quantitative estimate of drug-likeness (QED) is 0.797. The van der Waals surface area contributed by atoms with Crippen LogP contribution in [0.15, 0.2) is 24.3 Å². The van der Waals surface area contributed by atoms with Crippen molar-refractivity contribution in [3.8, 4) is 0 Å². The Morgan fingerprint density at radius 2 is 1.84 bits per heavy atom. The van der Waals surface area contributed by atoms with E-state index in [1.807, 2.05) is 0 Å². The maximum absolute atomic E-state index is 12.7. The van der Waals surface area contributed by atoms with Crippen molar-refractivity contribution in [1.29, 1.82) is 0 Å². The van der Waals surface area contributed by atoms with Gasteiger partial charge in [-0.3, -0.25) is 0 Å². The van der Waals surface area contributed by atoms with E-state index in [-0.39, 0.29) is 18.3 Å². The number of piperazine rings is 1. The lowest BCUT2D eigenvalue weighted by Crippen LogP contribution is -2.56. The fourth-order valence-corrected chi connectivity index (χ4v) is 4.60. The molecule has 1 amide bonds. The topological polar surface area (TPSA) is 66.9 Å². The number of benzene rings is 1. The highest BCUT2D eigenvalue weighted by molar-refractivity contribution is 7.88. The Labute approximate surface area is 154 Å². The molecule has 0 aliphatic carbocycles. The van der Waals surface area contributed by atoms with E-state index >= 15 is 0 Å². The Kier molecular flexibility index (Phi) is 6.01. The molecule has 25 heavy (non-hydrogen) atoms. The number of hydrogen-bond acceptors (Lipinski definition) is 4. The summed E-state index contributed by atoms with van der Waals surface area (Å²) in [5, 5.41) is 0.570. The lowest BCUT2D eigenvalue weighted by Gasteiger charge is -2.39. The number of ether oxygens (including phenoxy) is 1. The molecule has 0 radical (unpaired) electrons. The molecule has 0 saturated carbocycles. The van der Waals surface area contributed by atoms with Crippen molar-refractivity contribution in [2.75, 3.05) is 19.6 Å². The Morgan fingerprint density at radius 3 is 2.36 bits per heavy atom. The van der Waals surface area contributed by atoms with Crippen LogP contribution >= 0.6 is 11.6 Å². The van der Waals surface area contributed by atoms with E-state index in [0.717, 1.165) is 0 Å². The van der Waals surface area contributed by atoms with Gasteiger partial charge in [0.15, 0.2) is 0 Å². The van der Waals surface area contributed by atoms with Crippen molar-refractivity contribution in [3.63, 3.8) is 0 Å². The summed E-state index contributed by atoms with van der Waals surface area (Å²) in [5.41, 5.74) is 0.115. The Balaban J connectivity index is 2.02. The van der Waals surface area contributed by atoms with E-state index in [9.17, 15) is 13.2 Å². The fraction of sp³-hybridized carbons (Fsp3) is 0.588. The summed E-state index contributed by atoms with van der Waals surface area (Å²) in [5.74, 6) is -0.0824. The maximum atomic E-state index is 12.7. The lowest BCUT2D eigenvalue weighted by atomic mass is 10.2. The van der Waals surface area contributed by atoms with E-state index in [2.05, 4.69) is 0 Å². The summed E-state index contributed by atoms with van der Waals surface area (Å²) >= 11 is 5.84. The van der Waals surface area contributed by atoms with Crippen molar-refractivity contribution in [2.45, 2.75) is 45.1 Å². The first-order valence-electron chi connectivity index (χ1n) is 8.20. The molecule has 1 fully saturated rings. The summed E-state index contributed by atoms with van der Waals surface area (Å²) < 4.78 is 32.2. The average molecular weight is 389 g/mol. The van der Waals surface area contributed by atoms with Crippen molar-refractivity contribution in [2.24, 2.45) is 0 Å². The van der Waals surface area contributed by atoms with E-state index in [0.29, 0.717) is 23.7 Å². The zero-order chi connectivity index (χ0) is 18.8. The number of hydrogen-bond donors (Lipinski definition) is 0. The molecule has 0 aromatic heterocycles. The van der Waals surface area contributed by atoms with Crippen LogP contribution in [0.1, 0.15) is 33.3 Å². The molecule has 1 heterocycles. The van der Waals surface area contributed by atoms with E-state index < -0.39 is 21.7 Å². The van der Waals surface area contributed by atoms with Crippen LogP contribution < -0.4 is 0 Å². The number of amides is 1. The molecule has 140 valence electrons. The van der Waals surface area contributed by atoms with Gasteiger partial charge in [0.25, 0.3) is 0 Å². The SMILES string of the molecule is C[C@H]1CN(C(=O)OC(C)(C)C)CCN1S(=O)(=O)Cc1ccc(Cl)cc1. The van der Waals surface area contributed by atoms with Gasteiger partial charge in [-0.05, 0) is 45.4 Å². The van der Waals surface area contributed by atoms with Gasteiger partial charge < -0.3 is 9.64 Å². The van der Waals surface area contributed by atoms with Gasteiger partial charge >= 0.3 is 6.09 Å². The third kappa shape index (κ3) is 5.59. The van der Waals surface area contributed by atoms with Crippen molar-refractivity contribution in [1.82, 2.24) is 9.21 Å². The Hall–Kier alpha value is -1.31. The predicted molar refractivity (Wildman–Crippen MR) is 98.1 cm³/mol. The predicted octanol–water partition coefficient (Wildman–Crippen LogP) is 3.11. The third-order valence-electron chi connectivity index (χ3n) is 3.84. The number of carbonyl (C=O) groups excluding carboxylic acids is 1. The molecular weight excluding hydrogens is 364 g/mol. The molecule has 1 aliphatic rings. The molecule has 8 heteroatoms. The minimum absolute atomic E-state index is 0.0824. The molecule has 0 spiro atoms. The molecule has 2 rings (SSSR count). The number of halogens is 1. The highest BCUT2D eigenvalue weighted by Gasteiger charge is 2.35. The first-order valence-corrected chi connectivity index (χ1v) is 10.2. The standard InChI is InChI=1S/C17H25ClN2O4S/c1-13-11-19(16(21)24-17(2,3)4)9-10-20(13)25(22,23)12-14-5-7-15(18)8-6-14/h5-8,13H,9-12H2,1-4H3/t13-/m0/s1. The summed E-state index contributed by atoms with van der Waals surface area (Å²) in [6.07, 6.45) is -0.408. The third-order valence-corrected chi connectivity index (χ3v) is 6.05. The van der Waals surface area contributed by atoms with Gasteiger partial charge in [-0.1, -0.05) is 23.7 Å². The molecule has 1 atom stereocenters. The lowest BCUT2D eigenvalue weighted by molar-refractivity contribution is 0.0143. The van der Waals surface area contributed by atoms with Crippen LogP contribution in [-0.4, -0.2) is 55.0 Å². The van der Waals surface area contributed by atoms with Gasteiger partial charge in [0.1, 0.15) is 5.60 Å². The Bertz CT molecular complexity index is 713. The second-order valence-electron chi connectivity index (χ2n) is 7.27. The molecule has 1 aromatic carbocycles. The first kappa shape index (κ1) is 20.0. The van der Waals surface area contributed by atoms with Gasteiger partial charge in [-0.25, -0.2) is 13.2 Å². The molecule has 0 unspecified atom stereocenters. The number of rotatable bonds is 3. The van der Waals surface area contributed by atoms with Crippen molar-refractivity contribution >= 4 is 27.7 Å². The zero-order valence-corrected chi connectivity index (χ0v) is 16.6. The molecule has 0 bridgehead atoms. The molecule has 1 aliphatic heterocycles. The Morgan fingerprint density at radius 1 is 1.24 bits per heavy atom. The van der Waals surface area contributed by atoms with Gasteiger partial charge in [0, 0.05) is 30.7 Å². The van der Waals surface area contributed by atoms with Gasteiger partial charge in [-0.2, -0.15) is 4.31 Å². The van der Waals surface area contributed by atoms with Crippen molar-refractivity contribution < 1.29 is 17.9 Å². The van der Waals surface area contributed by atoms with Crippen LogP contribution in [-0.2, 0) is 20.5 Å².